The first-order chi connectivity index (χ1) is 12.6. The summed E-state index contributed by atoms with van der Waals surface area (Å²) in [4.78, 5) is 22.9. The summed E-state index contributed by atoms with van der Waals surface area (Å²) in [6.45, 7) is 0.428. The van der Waals surface area contributed by atoms with E-state index in [2.05, 4.69) is 10.6 Å². The number of carbonyl (C=O) groups is 2. The Morgan fingerprint density at radius 2 is 1.50 bits per heavy atom. The summed E-state index contributed by atoms with van der Waals surface area (Å²) in [5.41, 5.74) is 8.64. The van der Waals surface area contributed by atoms with Gasteiger partial charge in [0.15, 0.2) is 0 Å². The van der Waals surface area contributed by atoms with Crippen LogP contribution in [0.2, 0.25) is 0 Å². The molecule has 0 unspecified atom stereocenters. The summed E-state index contributed by atoms with van der Waals surface area (Å²) < 4.78 is 2.01. The molecule has 0 aliphatic heterocycles. The number of hydrogen-bond donors (Lipinski definition) is 3. The largest absolute Gasteiger partial charge is 0.352 e. The molecule has 0 bridgehead atoms. The maximum absolute atomic E-state index is 12.1. The standard InChI is InChI=1S/C20H20N4O2/c21-20(26)23-17-7-3-16(4-8-17)14-22-19(25)13-15-5-9-18(10-6-15)24-11-1-2-12-24/h1-12H,13-14H2,(H,22,25)(H3,21,23,26). The molecule has 132 valence electrons. The van der Waals surface area contributed by atoms with Gasteiger partial charge in [0.1, 0.15) is 0 Å². The summed E-state index contributed by atoms with van der Waals surface area (Å²) in [7, 11) is 0. The van der Waals surface area contributed by atoms with Crippen LogP contribution in [0.3, 0.4) is 0 Å². The minimum atomic E-state index is -0.603. The van der Waals surface area contributed by atoms with Crippen LogP contribution >= 0.6 is 0 Å². The van der Waals surface area contributed by atoms with Crippen LogP contribution in [0.1, 0.15) is 11.1 Å². The van der Waals surface area contributed by atoms with Gasteiger partial charge in [-0.2, -0.15) is 0 Å². The number of amides is 3. The molecular formula is C20H20N4O2. The second-order valence-electron chi connectivity index (χ2n) is 5.90. The van der Waals surface area contributed by atoms with Gasteiger partial charge in [-0.1, -0.05) is 24.3 Å². The van der Waals surface area contributed by atoms with Crippen LogP contribution in [0.15, 0.2) is 73.1 Å². The Morgan fingerprint density at radius 3 is 2.12 bits per heavy atom. The first-order valence-corrected chi connectivity index (χ1v) is 8.24. The van der Waals surface area contributed by atoms with E-state index in [1.165, 1.54) is 0 Å². The van der Waals surface area contributed by atoms with Gasteiger partial charge < -0.3 is 20.9 Å². The van der Waals surface area contributed by atoms with Gasteiger partial charge in [0, 0.05) is 30.3 Å². The molecule has 26 heavy (non-hydrogen) atoms. The number of nitrogens with one attached hydrogen (secondary N) is 2. The van der Waals surface area contributed by atoms with E-state index in [1.54, 1.807) is 12.1 Å². The Hall–Kier alpha value is -3.54. The van der Waals surface area contributed by atoms with E-state index in [1.807, 2.05) is 65.5 Å². The zero-order valence-electron chi connectivity index (χ0n) is 14.2. The van der Waals surface area contributed by atoms with Crippen molar-refractivity contribution in [3.63, 3.8) is 0 Å². The number of aromatic nitrogens is 1. The van der Waals surface area contributed by atoms with Crippen molar-refractivity contribution in [1.82, 2.24) is 9.88 Å². The fourth-order valence-electron chi connectivity index (χ4n) is 2.59. The van der Waals surface area contributed by atoms with Crippen LogP contribution in [0.4, 0.5) is 10.5 Å². The van der Waals surface area contributed by atoms with Crippen LogP contribution in [-0.2, 0) is 17.8 Å². The minimum absolute atomic E-state index is 0.0435. The van der Waals surface area contributed by atoms with Crippen molar-refractivity contribution in [1.29, 1.82) is 0 Å². The van der Waals surface area contributed by atoms with Gasteiger partial charge in [-0.25, -0.2) is 4.79 Å². The number of hydrogen-bond acceptors (Lipinski definition) is 2. The normalized spacial score (nSPS) is 10.3. The zero-order chi connectivity index (χ0) is 18.4. The van der Waals surface area contributed by atoms with Crippen molar-refractivity contribution < 1.29 is 9.59 Å². The average Bonchev–Trinajstić information content (AvgIpc) is 3.16. The molecule has 2 aromatic carbocycles. The molecule has 0 saturated heterocycles. The monoisotopic (exact) mass is 348 g/mol. The van der Waals surface area contributed by atoms with Crippen LogP contribution in [0, 0.1) is 0 Å². The molecule has 3 amide bonds. The molecule has 0 aliphatic rings. The van der Waals surface area contributed by atoms with E-state index in [-0.39, 0.29) is 5.91 Å². The smallest absolute Gasteiger partial charge is 0.316 e. The highest BCUT2D eigenvalue weighted by molar-refractivity contribution is 5.87. The van der Waals surface area contributed by atoms with Crippen molar-refractivity contribution in [2.24, 2.45) is 5.73 Å². The summed E-state index contributed by atoms with van der Waals surface area (Å²) in [5, 5.41) is 5.39. The lowest BCUT2D eigenvalue weighted by atomic mass is 10.1. The first kappa shape index (κ1) is 17.3. The number of primary amides is 1. The van der Waals surface area contributed by atoms with Crippen LogP contribution in [0.5, 0.6) is 0 Å². The van der Waals surface area contributed by atoms with Crippen molar-refractivity contribution in [3.8, 4) is 5.69 Å². The molecule has 4 N–H and O–H groups in total. The second kappa shape index (κ2) is 8.02. The van der Waals surface area contributed by atoms with E-state index >= 15 is 0 Å². The van der Waals surface area contributed by atoms with Crippen molar-refractivity contribution in [3.05, 3.63) is 84.2 Å². The van der Waals surface area contributed by atoms with E-state index in [0.29, 0.717) is 18.7 Å². The second-order valence-corrected chi connectivity index (χ2v) is 5.90. The summed E-state index contributed by atoms with van der Waals surface area (Å²) >= 11 is 0. The highest BCUT2D eigenvalue weighted by atomic mass is 16.2. The molecule has 6 heteroatoms. The third-order valence-electron chi connectivity index (χ3n) is 3.91. The summed E-state index contributed by atoms with van der Waals surface area (Å²) in [6.07, 6.45) is 4.28. The maximum Gasteiger partial charge on any atom is 0.316 e. The Labute approximate surface area is 151 Å². The predicted octanol–water partition coefficient (Wildman–Crippen LogP) is 2.83. The number of rotatable bonds is 6. The third kappa shape index (κ3) is 4.73. The summed E-state index contributed by atoms with van der Waals surface area (Å²) in [5.74, 6) is -0.0435. The number of anilines is 1. The quantitative estimate of drug-likeness (QED) is 0.639. The lowest BCUT2D eigenvalue weighted by Gasteiger charge is -2.08. The summed E-state index contributed by atoms with van der Waals surface area (Å²) in [6, 6.07) is 18.4. The topological polar surface area (TPSA) is 89.2 Å². The van der Waals surface area contributed by atoms with Crippen LogP contribution < -0.4 is 16.4 Å². The van der Waals surface area contributed by atoms with E-state index < -0.39 is 6.03 Å². The minimum Gasteiger partial charge on any atom is -0.352 e. The van der Waals surface area contributed by atoms with Gasteiger partial charge in [0.05, 0.1) is 6.42 Å². The average molecular weight is 348 g/mol. The molecule has 0 atom stereocenters. The molecule has 1 heterocycles. The molecule has 1 aromatic heterocycles. The molecule has 0 saturated carbocycles. The molecule has 6 nitrogen and oxygen atoms in total. The lowest BCUT2D eigenvalue weighted by molar-refractivity contribution is -0.120. The molecule has 0 aliphatic carbocycles. The van der Waals surface area contributed by atoms with Crippen molar-refractivity contribution in [2.75, 3.05) is 5.32 Å². The van der Waals surface area contributed by atoms with Gasteiger partial charge in [-0.15, -0.1) is 0 Å². The SMILES string of the molecule is NC(=O)Nc1ccc(CNC(=O)Cc2ccc(-n3cccc3)cc2)cc1. The number of carbonyl (C=O) groups excluding carboxylic acids is 2. The maximum atomic E-state index is 12.1. The highest BCUT2D eigenvalue weighted by Crippen LogP contribution is 2.11. The molecule has 0 spiro atoms. The zero-order valence-corrected chi connectivity index (χ0v) is 14.2. The first-order valence-electron chi connectivity index (χ1n) is 8.24. The number of urea groups is 1. The van der Waals surface area contributed by atoms with Gasteiger partial charge in [-0.05, 0) is 47.5 Å². The molecule has 0 fully saturated rings. The Kier molecular flexibility index (Phi) is 5.34. The fraction of sp³-hybridized carbons (Fsp3) is 0.100. The fourth-order valence-corrected chi connectivity index (χ4v) is 2.59. The van der Waals surface area contributed by atoms with E-state index in [4.69, 9.17) is 5.73 Å². The predicted molar refractivity (Wildman–Crippen MR) is 101 cm³/mol. The van der Waals surface area contributed by atoms with Gasteiger partial charge >= 0.3 is 6.03 Å². The van der Waals surface area contributed by atoms with Crippen molar-refractivity contribution >= 4 is 17.6 Å². The highest BCUT2D eigenvalue weighted by Gasteiger charge is 2.04. The van der Waals surface area contributed by atoms with E-state index in [9.17, 15) is 9.59 Å². The number of nitrogens with two attached hydrogens (primary N) is 1. The van der Waals surface area contributed by atoms with Crippen molar-refractivity contribution in [2.45, 2.75) is 13.0 Å². The van der Waals surface area contributed by atoms with Gasteiger partial charge in [-0.3, -0.25) is 4.79 Å². The Balaban J connectivity index is 1.50. The van der Waals surface area contributed by atoms with Crippen LogP contribution in [0.25, 0.3) is 5.69 Å². The third-order valence-corrected chi connectivity index (χ3v) is 3.91. The number of benzene rings is 2. The molecular weight excluding hydrogens is 328 g/mol. The Bertz CT molecular complexity index is 869. The van der Waals surface area contributed by atoms with Gasteiger partial charge in [0.25, 0.3) is 0 Å². The Morgan fingerprint density at radius 1 is 0.885 bits per heavy atom. The molecule has 0 radical (unpaired) electrons. The van der Waals surface area contributed by atoms with E-state index in [0.717, 1.165) is 16.8 Å². The van der Waals surface area contributed by atoms with Crippen LogP contribution in [-0.4, -0.2) is 16.5 Å². The number of nitrogens with zero attached hydrogens (tertiary/aromatic N) is 1. The molecule has 3 rings (SSSR count). The van der Waals surface area contributed by atoms with Gasteiger partial charge in [0.2, 0.25) is 5.91 Å². The molecule has 3 aromatic rings. The lowest BCUT2D eigenvalue weighted by Crippen LogP contribution is -2.24.